The van der Waals surface area contributed by atoms with Crippen molar-refractivity contribution in [3.63, 3.8) is 0 Å². The number of hydrogen-bond donors (Lipinski definition) is 0. The van der Waals surface area contributed by atoms with Gasteiger partial charge in [-0.05, 0) is 73.1 Å². The van der Waals surface area contributed by atoms with Gasteiger partial charge in [-0.3, -0.25) is 4.99 Å². The van der Waals surface area contributed by atoms with Crippen molar-refractivity contribution in [2.45, 2.75) is 40.5 Å². The van der Waals surface area contributed by atoms with Crippen LogP contribution in [-0.4, -0.2) is 12.3 Å². The summed E-state index contributed by atoms with van der Waals surface area (Å²) in [5.74, 6) is 0.293. The molecule has 1 aliphatic rings. The highest BCUT2D eigenvalue weighted by Crippen LogP contribution is 2.22. The molecule has 0 spiro atoms. The second-order valence-electron chi connectivity index (χ2n) is 6.52. The number of halogens is 1. The van der Waals surface area contributed by atoms with E-state index in [1.54, 1.807) is 13.8 Å². The van der Waals surface area contributed by atoms with Crippen molar-refractivity contribution in [2.24, 2.45) is 10.9 Å². The zero-order valence-electron chi connectivity index (χ0n) is 14.6. The van der Waals surface area contributed by atoms with Gasteiger partial charge in [0, 0.05) is 12.1 Å². The minimum atomic E-state index is -0.138. The van der Waals surface area contributed by atoms with E-state index >= 15 is 0 Å². The molecule has 1 nitrogen and oxygen atoms in total. The first kappa shape index (κ1) is 17.4. The van der Waals surface area contributed by atoms with E-state index in [2.05, 4.69) is 38.7 Å². The molecule has 23 heavy (non-hydrogen) atoms. The summed E-state index contributed by atoms with van der Waals surface area (Å²) in [6.45, 7) is 12.9. The van der Waals surface area contributed by atoms with Crippen molar-refractivity contribution in [3.8, 4) is 0 Å². The first-order chi connectivity index (χ1) is 10.9. The highest BCUT2D eigenvalue weighted by atomic mass is 19.1. The van der Waals surface area contributed by atoms with Crippen LogP contribution in [0.4, 0.5) is 4.39 Å². The van der Waals surface area contributed by atoms with E-state index in [-0.39, 0.29) is 5.82 Å². The lowest BCUT2D eigenvalue weighted by atomic mass is 9.94. The number of benzene rings is 1. The summed E-state index contributed by atoms with van der Waals surface area (Å²) < 4.78 is 13.9. The van der Waals surface area contributed by atoms with Gasteiger partial charge in [0.2, 0.25) is 0 Å². The molecule has 0 aliphatic carbocycles. The van der Waals surface area contributed by atoms with Crippen molar-refractivity contribution < 1.29 is 4.39 Å². The smallest absolute Gasteiger partial charge is 0.129 e. The van der Waals surface area contributed by atoms with Gasteiger partial charge in [-0.15, -0.1) is 0 Å². The van der Waals surface area contributed by atoms with Gasteiger partial charge in [0.05, 0.1) is 5.71 Å². The lowest BCUT2D eigenvalue weighted by Gasteiger charge is -2.14. The van der Waals surface area contributed by atoms with Crippen molar-refractivity contribution in [1.82, 2.24) is 0 Å². The molecule has 0 fully saturated rings. The van der Waals surface area contributed by atoms with E-state index in [0.717, 1.165) is 36.2 Å². The topological polar surface area (TPSA) is 12.4 Å². The van der Waals surface area contributed by atoms with Crippen LogP contribution in [0, 0.1) is 25.6 Å². The molecular formula is C21H26FN. The number of aliphatic imine (C=N–C) groups is 1. The Bertz CT molecular complexity index is 667. The van der Waals surface area contributed by atoms with Gasteiger partial charge in [0.15, 0.2) is 0 Å². The minimum Gasteiger partial charge on any atom is -0.284 e. The summed E-state index contributed by atoms with van der Waals surface area (Å²) in [6.07, 6.45) is 8.55. The maximum absolute atomic E-state index is 13.9. The lowest BCUT2D eigenvalue weighted by Crippen LogP contribution is -2.08. The van der Waals surface area contributed by atoms with Crippen LogP contribution >= 0.6 is 0 Å². The van der Waals surface area contributed by atoms with Crippen LogP contribution in [0.15, 0.2) is 53.1 Å². The highest BCUT2D eigenvalue weighted by Gasteiger charge is 2.12. The fourth-order valence-electron chi connectivity index (χ4n) is 2.76. The van der Waals surface area contributed by atoms with Crippen LogP contribution in [-0.2, 0) is 0 Å². The summed E-state index contributed by atoms with van der Waals surface area (Å²) in [4.78, 5) is 4.76. The van der Waals surface area contributed by atoms with Gasteiger partial charge in [-0.2, -0.15) is 0 Å². The van der Waals surface area contributed by atoms with Crippen LogP contribution < -0.4 is 0 Å². The summed E-state index contributed by atoms with van der Waals surface area (Å²) >= 11 is 0. The average molecular weight is 311 g/mol. The Kier molecular flexibility index (Phi) is 5.70. The molecule has 1 heterocycles. The van der Waals surface area contributed by atoms with Crippen molar-refractivity contribution in [2.75, 3.05) is 6.54 Å². The number of rotatable bonds is 2. The third-order valence-electron chi connectivity index (χ3n) is 4.13. The molecule has 1 aliphatic heterocycles. The van der Waals surface area contributed by atoms with E-state index < -0.39 is 0 Å². The molecule has 122 valence electrons. The Hall–Kier alpha value is -1.96. The van der Waals surface area contributed by atoms with Crippen molar-refractivity contribution in [3.05, 3.63) is 70.6 Å². The van der Waals surface area contributed by atoms with Crippen LogP contribution in [0.25, 0.3) is 0 Å². The first-order valence-electron chi connectivity index (χ1n) is 8.29. The molecule has 1 aromatic carbocycles. The molecule has 0 radical (unpaired) electrons. The predicted octanol–water partition coefficient (Wildman–Crippen LogP) is 5.72. The van der Waals surface area contributed by atoms with Crippen LogP contribution in [0.1, 0.15) is 43.4 Å². The molecule has 0 aromatic heterocycles. The molecule has 0 amide bonds. The van der Waals surface area contributed by atoms with Gasteiger partial charge >= 0.3 is 0 Å². The van der Waals surface area contributed by atoms with E-state index in [0.29, 0.717) is 17.0 Å². The quantitative estimate of drug-likeness (QED) is 0.662. The molecule has 1 aromatic rings. The predicted molar refractivity (Wildman–Crippen MR) is 97.7 cm³/mol. The molecule has 0 unspecified atom stereocenters. The Morgan fingerprint density at radius 2 is 1.83 bits per heavy atom. The number of allylic oxidation sites excluding steroid dienone is 5. The van der Waals surface area contributed by atoms with Gasteiger partial charge in [0.25, 0.3) is 0 Å². The van der Waals surface area contributed by atoms with Gasteiger partial charge in [-0.25, -0.2) is 4.39 Å². The molecule has 0 saturated carbocycles. The summed E-state index contributed by atoms with van der Waals surface area (Å²) in [6, 6.07) is 3.74. The number of aryl methyl sites for hydroxylation is 2. The van der Waals surface area contributed by atoms with E-state index in [4.69, 9.17) is 4.99 Å². The molecule has 0 atom stereocenters. The fraction of sp³-hybridized carbons (Fsp3) is 0.381. The standard InChI is InChI=1S/C21H26FN/c1-14(2)18-9-7-6-8-10-23-21(17(5)13-18)19-11-15(3)20(22)16(4)12-19/h7,9,11-14H,5-6,8,10H2,1-4H3/b9-7-,18-13+,23-21?. The Balaban J connectivity index is 2.50. The van der Waals surface area contributed by atoms with E-state index in [1.165, 1.54) is 5.57 Å². The zero-order valence-corrected chi connectivity index (χ0v) is 14.6. The molecule has 2 rings (SSSR count). The third kappa shape index (κ3) is 4.28. The fourth-order valence-corrected chi connectivity index (χ4v) is 2.76. The SMILES string of the molecule is C=C1/C=C(C(C)C)\C=C/CCCN=C1c1cc(C)c(F)c(C)c1. The van der Waals surface area contributed by atoms with E-state index in [1.807, 2.05) is 12.1 Å². The molecule has 0 N–H and O–H groups in total. The summed E-state index contributed by atoms with van der Waals surface area (Å²) in [7, 11) is 0. The van der Waals surface area contributed by atoms with Gasteiger partial charge in [-0.1, -0.05) is 32.6 Å². The number of hydrogen-bond acceptors (Lipinski definition) is 1. The second-order valence-corrected chi connectivity index (χ2v) is 6.52. The monoisotopic (exact) mass is 311 g/mol. The first-order valence-corrected chi connectivity index (χ1v) is 8.29. The summed E-state index contributed by atoms with van der Waals surface area (Å²) in [5, 5.41) is 0. The molecule has 0 bridgehead atoms. The van der Waals surface area contributed by atoms with Crippen LogP contribution in [0.2, 0.25) is 0 Å². The molecule has 0 saturated heterocycles. The third-order valence-corrected chi connectivity index (χ3v) is 4.13. The maximum atomic E-state index is 13.9. The number of nitrogens with zero attached hydrogens (tertiary/aromatic N) is 1. The summed E-state index contributed by atoms with van der Waals surface area (Å²) in [5.41, 5.74) is 5.28. The second kappa shape index (κ2) is 7.54. The van der Waals surface area contributed by atoms with Gasteiger partial charge in [0.1, 0.15) is 5.82 Å². The Morgan fingerprint density at radius 1 is 1.17 bits per heavy atom. The van der Waals surface area contributed by atoms with E-state index in [9.17, 15) is 4.39 Å². The normalized spacial score (nSPS) is 20.0. The van der Waals surface area contributed by atoms with Crippen molar-refractivity contribution >= 4 is 5.71 Å². The minimum absolute atomic E-state index is 0.138. The lowest BCUT2D eigenvalue weighted by molar-refractivity contribution is 0.609. The zero-order chi connectivity index (χ0) is 17.0. The van der Waals surface area contributed by atoms with Crippen LogP contribution in [0.5, 0.6) is 0 Å². The average Bonchev–Trinajstić information content (AvgIpc) is 2.50. The van der Waals surface area contributed by atoms with Crippen LogP contribution in [0.3, 0.4) is 0 Å². The van der Waals surface area contributed by atoms with Crippen molar-refractivity contribution in [1.29, 1.82) is 0 Å². The molecular weight excluding hydrogens is 285 g/mol. The maximum Gasteiger partial charge on any atom is 0.129 e. The largest absolute Gasteiger partial charge is 0.284 e. The Morgan fingerprint density at radius 3 is 2.43 bits per heavy atom. The Labute approximate surface area is 139 Å². The molecule has 2 heteroatoms. The highest BCUT2D eigenvalue weighted by molar-refractivity contribution is 6.14. The van der Waals surface area contributed by atoms with Gasteiger partial charge < -0.3 is 0 Å².